The van der Waals surface area contributed by atoms with E-state index in [2.05, 4.69) is 5.32 Å². The van der Waals surface area contributed by atoms with Gasteiger partial charge in [0.2, 0.25) is 5.82 Å². The van der Waals surface area contributed by atoms with Gasteiger partial charge in [0.1, 0.15) is 5.60 Å². The third-order valence-electron chi connectivity index (χ3n) is 5.00. The third kappa shape index (κ3) is 8.86. The number of methoxy groups -OCH3 is 1. The molecule has 0 radical (unpaired) electrons. The maximum Gasteiger partial charge on any atom is 0.251 e. The van der Waals surface area contributed by atoms with Crippen molar-refractivity contribution in [2.45, 2.75) is 75.9 Å². The summed E-state index contributed by atoms with van der Waals surface area (Å²) in [7, 11) is 1.60. The van der Waals surface area contributed by atoms with Gasteiger partial charge in [0, 0.05) is 20.1 Å². The molecule has 188 valence electrons. The van der Waals surface area contributed by atoms with E-state index >= 15 is 0 Å². The molecule has 33 heavy (non-hydrogen) atoms. The summed E-state index contributed by atoms with van der Waals surface area (Å²) < 4.78 is 77.7. The van der Waals surface area contributed by atoms with Crippen molar-refractivity contribution in [2.75, 3.05) is 20.3 Å². The monoisotopic (exact) mass is 499 g/mol. The Morgan fingerprint density at radius 1 is 0.879 bits per heavy atom. The Labute approximate surface area is 194 Å². The molecule has 1 aromatic rings. The third-order valence-corrected chi connectivity index (χ3v) is 5.99. The molecular weight excluding hydrogens is 469 g/mol. The number of carbonyl (C=O) groups excluding carboxylic acids is 2. The summed E-state index contributed by atoms with van der Waals surface area (Å²) in [6.45, 7) is 7.79. The molecule has 0 aliphatic heterocycles. The summed E-state index contributed by atoms with van der Waals surface area (Å²) >= 11 is -0.0141. The van der Waals surface area contributed by atoms with Gasteiger partial charge < -0.3 is 14.8 Å². The highest BCUT2D eigenvalue weighted by Crippen LogP contribution is 2.32. The summed E-state index contributed by atoms with van der Waals surface area (Å²) in [6, 6.07) is 0. The van der Waals surface area contributed by atoms with Crippen LogP contribution < -0.4 is 5.32 Å². The zero-order chi connectivity index (χ0) is 25.4. The summed E-state index contributed by atoms with van der Waals surface area (Å²) in [6.07, 6.45) is 1.84. The highest BCUT2D eigenvalue weighted by Gasteiger charge is 2.29. The fourth-order valence-corrected chi connectivity index (χ4v) is 3.38. The zero-order valence-corrected chi connectivity index (χ0v) is 20.2. The van der Waals surface area contributed by atoms with E-state index in [0.29, 0.717) is 38.8 Å². The Balaban J connectivity index is 2.35. The average Bonchev–Trinajstić information content (AvgIpc) is 2.75. The molecule has 5 nitrogen and oxygen atoms in total. The number of thioether (sulfide) groups is 1. The van der Waals surface area contributed by atoms with Gasteiger partial charge in [0.15, 0.2) is 28.4 Å². The van der Waals surface area contributed by atoms with Crippen molar-refractivity contribution in [3.63, 3.8) is 0 Å². The number of halogens is 5. The van der Waals surface area contributed by atoms with E-state index in [1.54, 1.807) is 21.0 Å². The summed E-state index contributed by atoms with van der Waals surface area (Å²) in [5, 5.41) is 2.02. The van der Waals surface area contributed by atoms with Gasteiger partial charge in [-0.1, -0.05) is 6.42 Å². The van der Waals surface area contributed by atoms with Crippen LogP contribution in [0.1, 0.15) is 59.8 Å². The van der Waals surface area contributed by atoms with Crippen LogP contribution in [-0.4, -0.2) is 42.5 Å². The standard InChI is InChI=1S/C22H30F5NO4S/c1-21(2,31-5)10-12-32-22(3,4)20(30)28-11-8-6-7-9-13(29)33-19-17(26)15(24)14(23)16(25)18(19)27/h6-12H2,1-5H3,(H,28,30). The molecule has 0 aliphatic carbocycles. The lowest BCUT2D eigenvalue weighted by atomic mass is 10.1. The number of rotatable bonds is 13. The van der Waals surface area contributed by atoms with Crippen LogP contribution in [0.3, 0.4) is 0 Å². The fourth-order valence-electron chi connectivity index (χ4n) is 2.54. The molecule has 0 unspecified atom stereocenters. The minimum absolute atomic E-state index is 0.0141. The quantitative estimate of drug-likeness (QED) is 0.131. The van der Waals surface area contributed by atoms with Gasteiger partial charge >= 0.3 is 0 Å². The van der Waals surface area contributed by atoms with Crippen LogP contribution in [0.2, 0.25) is 0 Å². The first-order chi connectivity index (χ1) is 15.2. The molecule has 1 N–H and O–H groups in total. The molecular formula is C22H30F5NO4S. The summed E-state index contributed by atoms with van der Waals surface area (Å²) in [5.74, 6) is -10.8. The van der Waals surface area contributed by atoms with Crippen LogP contribution in [0.25, 0.3) is 0 Å². The lowest BCUT2D eigenvalue weighted by Crippen LogP contribution is -2.45. The van der Waals surface area contributed by atoms with Crippen LogP contribution >= 0.6 is 11.8 Å². The highest BCUT2D eigenvalue weighted by atomic mass is 32.2. The maximum atomic E-state index is 13.6. The number of carbonyl (C=O) groups is 2. The molecule has 1 amide bonds. The highest BCUT2D eigenvalue weighted by molar-refractivity contribution is 8.13. The van der Waals surface area contributed by atoms with Crippen LogP contribution in [0.15, 0.2) is 4.90 Å². The molecule has 1 rings (SSSR count). The molecule has 0 heterocycles. The molecule has 0 saturated heterocycles. The van der Waals surface area contributed by atoms with E-state index in [0.717, 1.165) is 0 Å². The van der Waals surface area contributed by atoms with Crippen LogP contribution in [-0.2, 0) is 19.1 Å². The summed E-state index contributed by atoms with van der Waals surface area (Å²) in [4.78, 5) is 23.0. The van der Waals surface area contributed by atoms with E-state index < -0.39 is 44.7 Å². The van der Waals surface area contributed by atoms with E-state index in [9.17, 15) is 31.5 Å². The van der Waals surface area contributed by atoms with Gasteiger partial charge in [-0.3, -0.25) is 9.59 Å². The smallest absolute Gasteiger partial charge is 0.251 e. The molecule has 11 heteroatoms. The van der Waals surface area contributed by atoms with Gasteiger partial charge in [-0.05, 0) is 58.7 Å². The van der Waals surface area contributed by atoms with Crippen molar-refractivity contribution in [2.24, 2.45) is 0 Å². The number of benzene rings is 1. The van der Waals surface area contributed by atoms with Crippen LogP contribution in [0.5, 0.6) is 0 Å². The number of ether oxygens (including phenoxy) is 2. The second kappa shape index (κ2) is 12.7. The van der Waals surface area contributed by atoms with Gasteiger partial charge in [0.25, 0.3) is 5.91 Å². The predicted octanol–water partition coefficient (Wildman–Crippen LogP) is 5.29. The minimum atomic E-state index is -2.27. The first kappa shape index (κ1) is 29.3. The molecule has 1 aromatic carbocycles. The Morgan fingerprint density at radius 2 is 1.42 bits per heavy atom. The summed E-state index contributed by atoms with van der Waals surface area (Å²) in [5.41, 5.74) is -1.40. The van der Waals surface area contributed by atoms with Gasteiger partial charge in [-0.25, -0.2) is 22.0 Å². The second-order valence-electron chi connectivity index (χ2n) is 8.51. The molecule has 0 spiro atoms. The minimum Gasteiger partial charge on any atom is -0.379 e. The normalized spacial score (nSPS) is 12.2. The van der Waals surface area contributed by atoms with Gasteiger partial charge in [-0.2, -0.15) is 0 Å². The molecule has 0 saturated carbocycles. The molecule has 0 atom stereocenters. The number of unbranched alkanes of at least 4 members (excludes halogenated alkanes) is 2. The topological polar surface area (TPSA) is 64.6 Å². The van der Waals surface area contributed by atoms with Crippen molar-refractivity contribution in [1.82, 2.24) is 5.32 Å². The van der Waals surface area contributed by atoms with Crippen LogP contribution in [0, 0.1) is 29.1 Å². The number of amides is 1. The SMILES string of the molecule is COC(C)(C)CCOC(C)(C)C(=O)NCCCCCC(=O)Sc1c(F)c(F)c(F)c(F)c1F. The fraction of sp³-hybridized carbons (Fsp3) is 0.636. The largest absolute Gasteiger partial charge is 0.379 e. The Hall–Kier alpha value is -1.72. The number of nitrogens with one attached hydrogen (secondary N) is 1. The zero-order valence-electron chi connectivity index (χ0n) is 19.4. The second-order valence-corrected chi connectivity index (χ2v) is 9.58. The lowest BCUT2D eigenvalue weighted by Gasteiger charge is -2.28. The first-order valence-electron chi connectivity index (χ1n) is 10.4. The average molecular weight is 500 g/mol. The lowest BCUT2D eigenvalue weighted by molar-refractivity contribution is -0.144. The number of hydrogen-bond acceptors (Lipinski definition) is 5. The number of hydrogen-bond donors (Lipinski definition) is 1. The Bertz CT molecular complexity index is 820. The van der Waals surface area contributed by atoms with E-state index in [-0.39, 0.29) is 29.7 Å². The van der Waals surface area contributed by atoms with Gasteiger partial charge in [0.05, 0.1) is 17.1 Å². The van der Waals surface area contributed by atoms with Crippen LogP contribution in [0.4, 0.5) is 22.0 Å². The van der Waals surface area contributed by atoms with E-state index in [4.69, 9.17) is 9.47 Å². The molecule has 0 aromatic heterocycles. The predicted molar refractivity (Wildman–Crippen MR) is 114 cm³/mol. The van der Waals surface area contributed by atoms with Crippen molar-refractivity contribution in [3.05, 3.63) is 29.1 Å². The first-order valence-corrected chi connectivity index (χ1v) is 11.2. The van der Waals surface area contributed by atoms with Crippen molar-refractivity contribution < 1.29 is 41.0 Å². The van der Waals surface area contributed by atoms with Crippen molar-refractivity contribution >= 4 is 22.8 Å². The molecule has 0 fully saturated rings. The Morgan fingerprint density at radius 3 is 1.97 bits per heavy atom. The van der Waals surface area contributed by atoms with E-state index in [1.807, 2.05) is 13.8 Å². The molecule has 0 bridgehead atoms. The van der Waals surface area contributed by atoms with Crippen molar-refractivity contribution in [1.29, 1.82) is 0 Å². The van der Waals surface area contributed by atoms with E-state index in [1.165, 1.54) is 0 Å². The Kier molecular flexibility index (Phi) is 11.2. The molecule has 0 aliphatic rings. The maximum absolute atomic E-state index is 13.6. The van der Waals surface area contributed by atoms with Gasteiger partial charge in [-0.15, -0.1) is 0 Å². The van der Waals surface area contributed by atoms with Crippen molar-refractivity contribution in [3.8, 4) is 0 Å².